The molecule has 0 saturated heterocycles. The molecule has 0 aromatic rings. The summed E-state index contributed by atoms with van der Waals surface area (Å²) in [4.78, 5) is 0. The normalized spacial score (nSPS) is 14.6. The van der Waals surface area contributed by atoms with Gasteiger partial charge in [-0.15, -0.1) is 11.6 Å². The molecule has 0 aromatic heterocycles. The van der Waals surface area contributed by atoms with E-state index in [0.29, 0.717) is 0 Å². The summed E-state index contributed by atoms with van der Waals surface area (Å²) in [6, 6.07) is 0. The summed E-state index contributed by atoms with van der Waals surface area (Å²) >= 11 is 4.44. The van der Waals surface area contributed by atoms with E-state index in [4.69, 9.17) is 0 Å². The average molecular weight is 249 g/mol. The van der Waals surface area contributed by atoms with Gasteiger partial charge < -0.3 is 0 Å². The second kappa shape index (κ2) is 3.54. The Balaban J connectivity index is 4.74. The Kier molecular flexibility index (Phi) is 3.50. The summed E-state index contributed by atoms with van der Waals surface area (Å²) < 4.78 is 80.5. The summed E-state index contributed by atoms with van der Waals surface area (Å²) in [5.74, 6) is -1.69. The van der Waals surface area contributed by atoms with Crippen LogP contribution in [0, 0.1) is 0 Å². The molecule has 0 unspecified atom stereocenters. The van der Waals surface area contributed by atoms with Crippen LogP contribution in [0.3, 0.4) is 0 Å². The smallest absolute Gasteiger partial charge is 0.192 e. The molecule has 0 aromatic carbocycles. The van der Waals surface area contributed by atoms with Crippen LogP contribution in [0.1, 0.15) is 0 Å². The van der Waals surface area contributed by atoms with E-state index in [2.05, 4.69) is 15.8 Å². The molecule has 0 spiro atoms. The molecule has 13 heavy (non-hydrogen) atoms. The largest absolute Gasteiger partial charge is 0.523 e. The SMILES string of the molecule is O=S(=O)(OC(F)(F)CCl)C(F)(F)F. The minimum Gasteiger partial charge on any atom is -0.192 e. The van der Waals surface area contributed by atoms with Gasteiger partial charge in [-0.1, -0.05) is 0 Å². The third-order valence-electron chi connectivity index (χ3n) is 0.671. The van der Waals surface area contributed by atoms with Crippen LogP contribution in [0.2, 0.25) is 0 Å². The van der Waals surface area contributed by atoms with Crippen LogP contribution >= 0.6 is 11.6 Å². The van der Waals surface area contributed by atoms with Crippen molar-refractivity contribution in [3.8, 4) is 0 Å². The van der Waals surface area contributed by atoms with E-state index in [9.17, 15) is 30.4 Å². The summed E-state index contributed by atoms with van der Waals surface area (Å²) in [5.41, 5.74) is -5.89. The highest BCUT2D eigenvalue weighted by molar-refractivity contribution is 7.87. The first-order chi connectivity index (χ1) is 5.52. The zero-order chi connectivity index (χ0) is 10.9. The lowest BCUT2D eigenvalue weighted by molar-refractivity contribution is -0.165. The first-order valence-corrected chi connectivity index (χ1v) is 4.42. The molecule has 0 aliphatic carbocycles. The Hall–Kier alpha value is -0.150. The maximum Gasteiger partial charge on any atom is 0.523 e. The van der Waals surface area contributed by atoms with Crippen molar-refractivity contribution in [2.75, 3.05) is 5.88 Å². The number of hydrogen-bond donors (Lipinski definition) is 0. The van der Waals surface area contributed by atoms with Crippen LogP contribution in [-0.4, -0.2) is 25.9 Å². The Morgan fingerprint density at radius 1 is 1.15 bits per heavy atom. The number of hydrogen-bond acceptors (Lipinski definition) is 3. The van der Waals surface area contributed by atoms with Crippen molar-refractivity contribution in [2.45, 2.75) is 11.6 Å². The number of alkyl halides is 6. The van der Waals surface area contributed by atoms with Crippen molar-refractivity contribution < 1.29 is 34.6 Å². The molecule has 0 aliphatic rings. The van der Waals surface area contributed by atoms with Crippen LogP contribution in [0.5, 0.6) is 0 Å². The fourth-order valence-corrected chi connectivity index (χ4v) is 0.824. The van der Waals surface area contributed by atoms with Gasteiger partial charge in [0.2, 0.25) is 0 Å². The second-order valence-electron chi connectivity index (χ2n) is 1.75. The van der Waals surface area contributed by atoms with E-state index in [0.717, 1.165) is 0 Å². The summed E-state index contributed by atoms with van der Waals surface area (Å²) in [6.07, 6.45) is -4.56. The van der Waals surface area contributed by atoms with Gasteiger partial charge in [0.1, 0.15) is 5.88 Å². The van der Waals surface area contributed by atoms with Gasteiger partial charge in [-0.05, 0) is 0 Å². The van der Waals surface area contributed by atoms with E-state index in [1.54, 1.807) is 0 Å². The molecule has 0 rings (SSSR count). The molecule has 0 N–H and O–H groups in total. The van der Waals surface area contributed by atoms with E-state index in [1.165, 1.54) is 0 Å². The Bertz CT molecular complexity index is 269. The highest BCUT2D eigenvalue weighted by atomic mass is 35.5. The fraction of sp³-hybridized carbons (Fsp3) is 1.00. The standard InChI is InChI=1S/C3H2ClF5O3S/c4-1-2(5,6)12-13(10,11)3(7,8)9/h1H2. The maximum absolute atomic E-state index is 11.9. The predicted octanol–water partition coefficient (Wildman–Crippen LogP) is 1.68. The molecule has 0 heterocycles. The first-order valence-electron chi connectivity index (χ1n) is 2.47. The quantitative estimate of drug-likeness (QED) is 0.330. The van der Waals surface area contributed by atoms with Crippen LogP contribution in [0.15, 0.2) is 0 Å². The molecule has 0 bridgehead atoms. The van der Waals surface area contributed by atoms with Gasteiger partial charge in [0.25, 0.3) is 0 Å². The van der Waals surface area contributed by atoms with E-state index >= 15 is 0 Å². The Labute approximate surface area is 74.5 Å². The zero-order valence-electron chi connectivity index (χ0n) is 5.61. The predicted molar refractivity (Wildman–Crippen MR) is 31.7 cm³/mol. The highest BCUT2D eigenvalue weighted by Crippen LogP contribution is 2.30. The average Bonchev–Trinajstić information content (AvgIpc) is 1.83. The first kappa shape index (κ1) is 12.8. The summed E-state index contributed by atoms with van der Waals surface area (Å²) in [7, 11) is -6.30. The van der Waals surface area contributed by atoms with Gasteiger partial charge in [-0.25, -0.2) is 0 Å². The van der Waals surface area contributed by atoms with Crippen LogP contribution < -0.4 is 0 Å². The minimum absolute atomic E-state index is 1.69. The molecule has 80 valence electrons. The molecule has 10 heteroatoms. The molecular weight excluding hydrogens is 247 g/mol. The van der Waals surface area contributed by atoms with Crippen molar-refractivity contribution in [3.05, 3.63) is 0 Å². The van der Waals surface area contributed by atoms with Crippen molar-refractivity contribution in [1.29, 1.82) is 0 Å². The topological polar surface area (TPSA) is 43.4 Å². The molecule has 0 amide bonds. The van der Waals surface area contributed by atoms with Gasteiger partial charge >= 0.3 is 21.7 Å². The molecule has 0 fully saturated rings. The van der Waals surface area contributed by atoms with E-state index < -0.39 is 27.6 Å². The van der Waals surface area contributed by atoms with E-state index in [1.807, 2.05) is 0 Å². The fourth-order valence-electron chi connectivity index (χ4n) is 0.230. The molecule has 3 nitrogen and oxygen atoms in total. The molecular formula is C3H2ClF5O3S. The van der Waals surface area contributed by atoms with E-state index in [-0.39, 0.29) is 0 Å². The lowest BCUT2D eigenvalue weighted by atomic mass is 10.8. The molecule has 0 aliphatic heterocycles. The van der Waals surface area contributed by atoms with Gasteiger partial charge in [-0.3, -0.25) is 0 Å². The number of halogens is 6. The number of rotatable bonds is 3. The van der Waals surface area contributed by atoms with Gasteiger partial charge in [0, 0.05) is 0 Å². The van der Waals surface area contributed by atoms with Crippen LogP contribution in [0.25, 0.3) is 0 Å². The monoisotopic (exact) mass is 248 g/mol. The highest BCUT2D eigenvalue weighted by Gasteiger charge is 2.52. The molecule has 0 radical (unpaired) electrons. The lowest BCUT2D eigenvalue weighted by Gasteiger charge is -2.14. The van der Waals surface area contributed by atoms with Crippen molar-refractivity contribution in [2.24, 2.45) is 0 Å². The molecule has 0 atom stereocenters. The third-order valence-corrected chi connectivity index (χ3v) is 2.01. The third kappa shape index (κ3) is 3.61. The Morgan fingerprint density at radius 2 is 1.54 bits per heavy atom. The van der Waals surface area contributed by atoms with Gasteiger partial charge in [-0.2, -0.15) is 34.6 Å². The summed E-state index contributed by atoms with van der Waals surface area (Å²) in [5, 5.41) is 0. The van der Waals surface area contributed by atoms with Crippen LogP contribution in [0.4, 0.5) is 22.0 Å². The maximum atomic E-state index is 11.9. The molecule has 0 saturated carbocycles. The minimum atomic E-state index is -6.30. The van der Waals surface area contributed by atoms with Crippen molar-refractivity contribution in [1.82, 2.24) is 0 Å². The van der Waals surface area contributed by atoms with Crippen molar-refractivity contribution >= 4 is 21.7 Å². The van der Waals surface area contributed by atoms with Crippen molar-refractivity contribution in [3.63, 3.8) is 0 Å². The summed E-state index contributed by atoms with van der Waals surface area (Å²) in [6.45, 7) is 0. The van der Waals surface area contributed by atoms with Gasteiger partial charge in [0.05, 0.1) is 0 Å². The second-order valence-corrected chi connectivity index (χ2v) is 3.56. The lowest BCUT2D eigenvalue weighted by Crippen LogP contribution is -2.34. The van der Waals surface area contributed by atoms with Gasteiger partial charge in [0.15, 0.2) is 0 Å². The Morgan fingerprint density at radius 3 is 1.77 bits per heavy atom. The van der Waals surface area contributed by atoms with Crippen LogP contribution in [-0.2, 0) is 14.3 Å². The zero-order valence-corrected chi connectivity index (χ0v) is 7.18.